The lowest BCUT2D eigenvalue weighted by atomic mass is 9.72. The lowest BCUT2D eigenvalue weighted by Crippen LogP contribution is -2.46. The first-order valence-electron chi connectivity index (χ1n) is 23.4. The van der Waals surface area contributed by atoms with Gasteiger partial charge in [0.1, 0.15) is 5.78 Å². The van der Waals surface area contributed by atoms with E-state index in [9.17, 15) is 20.1 Å². The molecule has 0 bridgehead atoms. The van der Waals surface area contributed by atoms with Gasteiger partial charge in [0.15, 0.2) is 0 Å². The van der Waals surface area contributed by atoms with Gasteiger partial charge in [0.2, 0.25) is 0 Å². The number of carbonyl (C=O) groups excluding carboxylic acids is 1. The summed E-state index contributed by atoms with van der Waals surface area (Å²) in [6.45, 7) is 27.7. The number of ketones is 1. The van der Waals surface area contributed by atoms with Crippen molar-refractivity contribution in [3.05, 3.63) is 0 Å². The zero-order chi connectivity index (χ0) is 40.7. The van der Waals surface area contributed by atoms with E-state index < -0.39 is 0 Å². The van der Waals surface area contributed by atoms with E-state index in [0.717, 1.165) is 130 Å². The third-order valence-corrected chi connectivity index (χ3v) is 14.9. The third-order valence-electron chi connectivity index (χ3n) is 14.9. The van der Waals surface area contributed by atoms with Crippen LogP contribution < -0.4 is 0 Å². The molecular formula is C53H110O5. The monoisotopic (exact) mass is 827 g/mol. The second-order valence-corrected chi connectivity index (χ2v) is 21.5. The van der Waals surface area contributed by atoms with Crippen molar-refractivity contribution in [2.75, 3.05) is 6.61 Å². The third kappa shape index (κ3) is 23.7. The summed E-state index contributed by atoms with van der Waals surface area (Å²) in [5, 5.41) is 28.9. The quantitative estimate of drug-likeness (QED) is 0.257. The fraction of sp³-hybridized carbons (Fsp3) is 0.981. The summed E-state index contributed by atoms with van der Waals surface area (Å²) >= 11 is 0. The standard InChI is InChI=1S/C11H20O.2C10H20O.C9H16O.C9H18O.4CH4/c1-9(2)10-3-5-11(6-4-10)7-8-12-11;2*1-8(2)9-5-4-6-10(3,11)7-9;1-7(2)8-3-5-9(10)6-4-8;1-7(2)8-4-3-5-9(10)6-8;;;;/h9-10H,3-8H2,1-2H3;2*8-9,11H,4-7H2,1-3H3;7-8H,3-6H2,1-2H3;7-10H,3-6H2,1-2H3;4*1H4. The minimum Gasteiger partial charge on any atom is -0.393 e. The molecule has 1 aliphatic heterocycles. The Morgan fingerprint density at radius 3 is 1.14 bits per heavy atom. The predicted molar refractivity (Wildman–Crippen MR) is 256 cm³/mol. The lowest BCUT2D eigenvalue weighted by molar-refractivity contribution is -0.171. The Bertz CT molecular complexity index is 956. The maximum Gasteiger partial charge on any atom is 0.132 e. The normalized spacial score (nSPS) is 33.4. The van der Waals surface area contributed by atoms with Gasteiger partial charge in [-0.25, -0.2) is 0 Å². The molecule has 5 saturated carbocycles. The molecule has 5 aliphatic carbocycles. The number of rotatable bonds is 5. The molecule has 0 amide bonds. The molecule has 0 aromatic heterocycles. The van der Waals surface area contributed by atoms with Gasteiger partial charge < -0.3 is 20.1 Å². The summed E-state index contributed by atoms with van der Waals surface area (Å²) in [5.41, 5.74) is -0.369. The molecule has 58 heavy (non-hydrogen) atoms. The van der Waals surface area contributed by atoms with Crippen LogP contribution in [0.2, 0.25) is 0 Å². The van der Waals surface area contributed by atoms with Crippen LogP contribution in [-0.2, 0) is 9.53 Å². The molecule has 6 atom stereocenters. The topological polar surface area (TPSA) is 87.0 Å². The summed E-state index contributed by atoms with van der Waals surface area (Å²) in [7, 11) is 0. The number of hydrogen-bond donors (Lipinski definition) is 3. The summed E-state index contributed by atoms with van der Waals surface area (Å²) in [6, 6.07) is 0. The van der Waals surface area contributed by atoms with Crippen LogP contribution in [0.1, 0.15) is 248 Å². The van der Waals surface area contributed by atoms with Crippen LogP contribution in [0.3, 0.4) is 0 Å². The summed E-state index contributed by atoms with van der Waals surface area (Å²) in [4.78, 5) is 10.8. The molecule has 6 aliphatic rings. The van der Waals surface area contributed by atoms with E-state index in [0.29, 0.717) is 11.4 Å². The largest absolute Gasteiger partial charge is 0.393 e. The van der Waals surface area contributed by atoms with Crippen molar-refractivity contribution >= 4 is 5.78 Å². The van der Waals surface area contributed by atoms with Gasteiger partial charge in [0.05, 0.1) is 29.5 Å². The first-order valence-corrected chi connectivity index (χ1v) is 23.4. The Hall–Kier alpha value is -0.490. The van der Waals surface area contributed by atoms with Crippen molar-refractivity contribution in [1.29, 1.82) is 0 Å². The molecule has 0 radical (unpaired) electrons. The molecule has 3 N–H and O–H groups in total. The molecule has 352 valence electrons. The first kappa shape index (κ1) is 61.8. The van der Waals surface area contributed by atoms with Crippen LogP contribution in [-0.4, -0.2) is 50.6 Å². The molecule has 0 aromatic rings. The molecule has 5 heteroatoms. The van der Waals surface area contributed by atoms with E-state index in [-0.39, 0.29) is 47.0 Å². The van der Waals surface area contributed by atoms with Crippen molar-refractivity contribution in [3.63, 3.8) is 0 Å². The number of aliphatic hydroxyl groups excluding tert-OH is 1. The molecule has 5 nitrogen and oxygen atoms in total. The number of aliphatic hydroxyl groups is 3. The molecule has 1 saturated heterocycles. The smallest absolute Gasteiger partial charge is 0.132 e. The van der Waals surface area contributed by atoms with Crippen LogP contribution in [0, 0.1) is 59.2 Å². The minimum atomic E-state index is -0.368. The zero-order valence-corrected chi connectivity index (χ0v) is 38.1. The maximum absolute atomic E-state index is 10.8. The Kier molecular flexibility index (Phi) is 31.7. The molecular weight excluding hydrogens is 717 g/mol. The van der Waals surface area contributed by atoms with Crippen molar-refractivity contribution < 1.29 is 24.9 Å². The van der Waals surface area contributed by atoms with Gasteiger partial charge in [-0.2, -0.15) is 0 Å². The van der Waals surface area contributed by atoms with Crippen molar-refractivity contribution in [1.82, 2.24) is 0 Å². The van der Waals surface area contributed by atoms with Crippen molar-refractivity contribution in [2.45, 2.75) is 271 Å². The van der Waals surface area contributed by atoms with Gasteiger partial charge >= 0.3 is 0 Å². The number of hydrogen-bond acceptors (Lipinski definition) is 5. The highest BCUT2D eigenvalue weighted by molar-refractivity contribution is 5.79. The van der Waals surface area contributed by atoms with E-state index in [1.807, 2.05) is 13.8 Å². The fourth-order valence-electron chi connectivity index (χ4n) is 10.2. The fourth-order valence-corrected chi connectivity index (χ4v) is 10.2. The minimum absolute atomic E-state index is 0. The van der Waals surface area contributed by atoms with Crippen LogP contribution in [0.5, 0.6) is 0 Å². The Morgan fingerprint density at radius 2 is 0.862 bits per heavy atom. The SMILES string of the molecule is C.C.C.C.CC(C)C1CCC(=O)CC1.CC(C)C1CCC2(CCO2)CC1.CC(C)C1CCCC(C)(O)C1.CC(C)C1CCCC(C)(O)C1.CC(C)C1CCCC(O)C1. The highest BCUT2D eigenvalue weighted by Crippen LogP contribution is 2.44. The second kappa shape index (κ2) is 29.7. The summed E-state index contributed by atoms with van der Waals surface area (Å²) in [5.74, 6) is 8.42. The molecule has 0 aromatic carbocycles. The highest BCUT2D eigenvalue weighted by Gasteiger charge is 2.42. The van der Waals surface area contributed by atoms with E-state index in [4.69, 9.17) is 4.74 Å². The van der Waals surface area contributed by atoms with Gasteiger partial charge in [-0.3, -0.25) is 4.79 Å². The zero-order valence-electron chi connectivity index (χ0n) is 38.1. The second-order valence-electron chi connectivity index (χ2n) is 21.5. The average molecular weight is 827 g/mol. The maximum atomic E-state index is 10.8. The molecule has 6 rings (SSSR count). The predicted octanol–water partition coefficient (Wildman–Crippen LogP) is 15.3. The average Bonchev–Trinajstić information content (AvgIpc) is 3.08. The molecule has 1 spiro atoms. The molecule has 6 fully saturated rings. The number of ether oxygens (including phenoxy) is 1. The van der Waals surface area contributed by atoms with Crippen LogP contribution >= 0.6 is 0 Å². The van der Waals surface area contributed by atoms with Crippen LogP contribution in [0.4, 0.5) is 0 Å². The van der Waals surface area contributed by atoms with Gasteiger partial charge in [0, 0.05) is 12.8 Å². The van der Waals surface area contributed by atoms with Crippen LogP contribution in [0.15, 0.2) is 0 Å². The number of carbonyl (C=O) groups is 1. The molecule has 1 heterocycles. The first-order chi connectivity index (χ1) is 25.1. The highest BCUT2D eigenvalue weighted by atomic mass is 16.5. The summed E-state index contributed by atoms with van der Waals surface area (Å²) < 4.78 is 5.69. The van der Waals surface area contributed by atoms with E-state index in [1.54, 1.807) is 0 Å². The van der Waals surface area contributed by atoms with E-state index >= 15 is 0 Å². The summed E-state index contributed by atoms with van der Waals surface area (Å²) in [6.07, 6.45) is 24.4. The van der Waals surface area contributed by atoms with Gasteiger partial charge in [-0.15, -0.1) is 0 Å². The Morgan fingerprint density at radius 1 is 0.500 bits per heavy atom. The Balaban J connectivity index is -0.000000642. The van der Waals surface area contributed by atoms with Crippen molar-refractivity contribution in [3.8, 4) is 0 Å². The Labute approximate surface area is 365 Å². The van der Waals surface area contributed by atoms with E-state index in [2.05, 4.69) is 69.2 Å². The van der Waals surface area contributed by atoms with Crippen molar-refractivity contribution in [2.24, 2.45) is 59.2 Å². The molecule has 6 unspecified atom stereocenters. The number of Topliss-reactive ketones (excluding diaryl/α,β-unsaturated/α-hetero) is 1. The van der Waals surface area contributed by atoms with Crippen LogP contribution in [0.25, 0.3) is 0 Å². The van der Waals surface area contributed by atoms with Gasteiger partial charge in [0.25, 0.3) is 0 Å². The lowest BCUT2D eigenvalue weighted by Gasteiger charge is -2.47. The van der Waals surface area contributed by atoms with E-state index in [1.165, 1.54) is 70.6 Å². The van der Waals surface area contributed by atoms with Gasteiger partial charge in [-0.05, 0) is 169 Å². The van der Waals surface area contributed by atoms with Gasteiger partial charge in [-0.1, -0.05) is 125 Å².